The highest BCUT2D eigenvalue weighted by Gasteiger charge is 2.52. The van der Waals surface area contributed by atoms with Gasteiger partial charge in [0.25, 0.3) is 0 Å². The predicted molar refractivity (Wildman–Crippen MR) is 142 cm³/mol. The molecule has 2 aliphatic rings. The monoisotopic (exact) mass is 504 g/mol. The lowest BCUT2D eigenvalue weighted by molar-refractivity contribution is -0.124. The number of Topliss-reactive ketones (excluding diaryl/α,β-unsaturated/α-hetero) is 2. The van der Waals surface area contributed by atoms with Crippen molar-refractivity contribution in [3.63, 3.8) is 0 Å². The van der Waals surface area contributed by atoms with Gasteiger partial charge in [0, 0.05) is 49.2 Å². The fourth-order valence-corrected chi connectivity index (χ4v) is 5.65. The van der Waals surface area contributed by atoms with Crippen molar-refractivity contribution in [3.05, 3.63) is 108 Å². The van der Waals surface area contributed by atoms with Gasteiger partial charge < -0.3 is 14.4 Å². The summed E-state index contributed by atoms with van der Waals surface area (Å²) >= 11 is 0. The van der Waals surface area contributed by atoms with Crippen LogP contribution in [0.1, 0.15) is 32.2 Å². The van der Waals surface area contributed by atoms with E-state index in [9.17, 15) is 19.2 Å². The molecule has 4 aromatic rings. The minimum Gasteiger partial charge on any atom is -0.314 e. The molecule has 188 valence electrons. The van der Waals surface area contributed by atoms with E-state index in [1.165, 1.54) is 9.80 Å². The number of ketones is 2. The highest BCUT2D eigenvalue weighted by atomic mass is 16.2. The molecule has 38 heavy (non-hydrogen) atoms. The summed E-state index contributed by atoms with van der Waals surface area (Å²) in [5.74, 6) is -5.17. The summed E-state index contributed by atoms with van der Waals surface area (Å²) in [6.07, 6.45) is 5.12. The first-order valence-electron chi connectivity index (χ1n) is 12.3. The number of carbonyl (C=O) groups excluding carboxylic acids is 4. The van der Waals surface area contributed by atoms with E-state index in [4.69, 9.17) is 0 Å². The molecule has 0 saturated heterocycles. The molecule has 0 radical (unpaired) electrons. The number of rotatable bonds is 4. The van der Waals surface area contributed by atoms with Crippen LogP contribution >= 0.6 is 0 Å². The zero-order valence-electron chi connectivity index (χ0n) is 20.8. The lowest BCUT2D eigenvalue weighted by atomic mass is 9.68. The fraction of sp³-hybridized carbons (Fsp3) is 0.167. The summed E-state index contributed by atoms with van der Waals surface area (Å²) in [6.45, 7) is 0. The fourth-order valence-electron chi connectivity index (χ4n) is 5.65. The Morgan fingerprint density at radius 3 is 1.66 bits per heavy atom. The molecular weight excluding hydrogens is 480 g/mol. The van der Waals surface area contributed by atoms with E-state index in [0.717, 1.165) is 5.69 Å². The first-order chi connectivity index (χ1) is 18.4. The second-order valence-electron chi connectivity index (χ2n) is 9.60. The Labute approximate surface area is 219 Å². The molecule has 0 unspecified atom stereocenters. The van der Waals surface area contributed by atoms with Crippen LogP contribution in [0.25, 0.3) is 5.69 Å². The quantitative estimate of drug-likeness (QED) is 0.393. The van der Waals surface area contributed by atoms with Crippen molar-refractivity contribution in [2.45, 2.75) is 5.92 Å². The topological polar surface area (TPSA) is 92.6 Å². The minimum absolute atomic E-state index is 0.393. The van der Waals surface area contributed by atoms with Gasteiger partial charge in [0.05, 0.1) is 17.7 Å². The number of para-hydroxylation sites is 2. The maximum Gasteiger partial charge on any atom is 0.238 e. The SMILES string of the molecule is CN1C(=O)[C@H](C(c2ccc(-n3ccnc3)cc2)[C@@H]2C(=O)c3ccccc3N(C)C2=O)C(=O)c2ccccc21. The summed E-state index contributed by atoms with van der Waals surface area (Å²) in [5, 5.41) is 0. The number of aromatic nitrogens is 2. The number of amides is 2. The molecule has 8 nitrogen and oxygen atoms in total. The summed E-state index contributed by atoms with van der Waals surface area (Å²) in [5.41, 5.74) is 3.19. The van der Waals surface area contributed by atoms with Gasteiger partial charge in [-0.2, -0.15) is 0 Å². The summed E-state index contributed by atoms with van der Waals surface area (Å²) in [6, 6.07) is 21.0. The number of hydrogen-bond acceptors (Lipinski definition) is 5. The molecule has 0 aliphatic carbocycles. The van der Waals surface area contributed by atoms with Crippen LogP contribution < -0.4 is 9.80 Å². The third-order valence-corrected chi connectivity index (χ3v) is 7.62. The van der Waals surface area contributed by atoms with E-state index in [2.05, 4.69) is 4.98 Å². The first-order valence-corrected chi connectivity index (χ1v) is 12.3. The van der Waals surface area contributed by atoms with Crippen molar-refractivity contribution in [2.24, 2.45) is 11.8 Å². The van der Waals surface area contributed by atoms with Gasteiger partial charge in [-0.1, -0.05) is 36.4 Å². The second-order valence-corrected chi connectivity index (χ2v) is 9.60. The van der Waals surface area contributed by atoms with Crippen molar-refractivity contribution >= 4 is 34.8 Å². The van der Waals surface area contributed by atoms with Crippen molar-refractivity contribution in [1.82, 2.24) is 9.55 Å². The maximum atomic E-state index is 13.9. The van der Waals surface area contributed by atoms with E-state index in [0.29, 0.717) is 28.1 Å². The molecule has 0 saturated carbocycles. The van der Waals surface area contributed by atoms with E-state index in [-0.39, 0.29) is 0 Å². The van der Waals surface area contributed by atoms with Crippen LogP contribution in [-0.4, -0.2) is 47.0 Å². The highest BCUT2D eigenvalue weighted by Crippen LogP contribution is 2.45. The van der Waals surface area contributed by atoms with Crippen LogP contribution in [0.3, 0.4) is 0 Å². The minimum atomic E-state index is -1.24. The zero-order chi connectivity index (χ0) is 26.6. The van der Waals surface area contributed by atoms with Crippen LogP contribution in [0.2, 0.25) is 0 Å². The van der Waals surface area contributed by atoms with Gasteiger partial charge in [-0.15, -0.1) is 0 Å². The molecule has 0 spiro atoms. The Morgan fingerprint density at radius 2 is 1.18 bits per heavy atom. The molecule has 3 aromatic carbocycles. The van der Waals surface area contributed by atoms with Gasteiger partial charge >= 0.3 is 0 Å². The second kappa shape index (κ2) is 8.92. The Morgan fingerprint density at radius 1 is 0.684 bits per heavy atom. The Kier molecular flexibility index (Phi) is 5.52. The van der Waals surface area contributed by atoms with Crippen LogP contribution in [0.5, 0.6) is 0 Å². The number of imidazole rings is 1. The van der Waals surface area contributed by atoms with Crippen molar-refractivity contribution in [3.8, 4) is 5.69 Å². The molecule has 2 amide bonds. The standard InChI is InChI=1S/C30H24N4O4/c1-32-22-9-5-3-7-20(22)27(35)25(29(32)37)24(18-11-13-19(14-12-18)34-16-15-31-17-34)26-28(36)21-8-4-6-10-23(21)33(2)30(26)38/h3-17,24-26H,1-2H3/t25-,26-/m1/s1. The maximum absolute atomic E-state index is 13.9. The predicted octanol–water partition coefficient (Wildman–Crippen LogP) is 3.91. The largest absolute Gasteiger partial charge is 0.314 e. The lowest BCUT2D eigenvalue weighted by Crippen LogP contribution is -2.52. The lowest BCUT2D eigenvalue weighted by Gasteiger charge is -2.40. The Balaban J connectivity index is 1.53. The molecule has 1 aromatic heterocycles. The summed E-state index contributed by atoms with van der Waals surface area (Å²) in [7, 11) is 3.23. The van der Waals surface area contributed by atoms with E-state index >= 15 is 0 Å². The summed E-state index contributed by atoms with van der Waals surface area (Å²) in [4.78, 5) is 62.4. The van der Waals surface area contributed by atoms with Crippen LogP contribution in [0, 0.1) is 11.8 Å². The number of nitrogens with zero attached hydrogens (tertiary/aromatic N) is 4. The third kappa shape index (κ3) is 3.48. The van der Waals surface area contributed by atoms with Crippen molar-refractivity contribution in [1.29, 1.82) is 0 Å². The molecule has 0 bridgehead atoms. The molecule has 2 atom stereocenters. The van der Waals surface area contributed by atoms with Gasteiger partial charge in [0.2, 0.25) is 11.8 Å². The molecule has 0 N–H and O–H groups in total. The number of anilines is 2. The molecule has 0 fully saturated rings. The van der Waals surface area contributed by atoms with Crippen LogP contribution in [0.4, 0.5) is 11.4 Å². The van der Waals surface area contributed by atoms with E-state index in [1.807, 2.05) is 16.7 Å². The first kappa shape index (κ1) is 23.5. The average Bonchev–Trinajstić information content (AvgIpc) is 3.49. The van der Waals surface area contributed by atoms with Gasteiger partial charge in [-0.3, -0.25) is 19.2 Å². The van der Waals surface area contributed by atoms with Gasteiger partial charge in [-0.05, 0) is 42.0 Å². The number of fused-ring (bicyclic) bond motifs is 2. The van der Waals surface area contributed by atoms with Crippen LogP contribution in [0.15, 0.2) is 91.5 Å². The summed E-state index contributed by atoms with van der Waals surface area (Å²) < 4.78 is 1.82. The average molecular weight is 505 g/mol. The van der Waals surface area contributed by atoms with Gasteiger partial charge in [0.15, 0.2) is 11.6 Å². The third-order valence-electron chi connectivity index (χ3n) is 7.62. The van der Waals surface area contributed by atoms with E-state index in [1.54, 1.807) is 93.5 Å². The Hall–Kier alpha value is -4.85. The normalized spacial score (nSPS) is 19.1. The number of carbonyl (C=O) groups is 4. The van der Waals surface area contributed by atoms with Crippen molar-refractivity contribution < 1.29 is 19.2 Å². The van der Waals surface area contributed by atoms with E-state index < -0.39 is 41.1 Å². The molecule has 8 heteroatoms. The Bertz CT molecular complexity index is 1510. The number of hydrogen-bond donors (Lipinski definition) is 0. The van der Waals surface area contributed by atoms with Gasteiger partial charge in [-0.25, -0.2) is 4.98 Å². The highest BCUT2D eigenvalue weighted by molar-refractivity contribution is 6.25. The zero-order valence-corrected chi connectivity index (χ0v) is 20.8. The van der Waals surface area contributed by atoms with Gasteiger partial charge in [0.1, 0.15) is 11.8 Å². The van der Waals surface area contributed by atoms with Crippen molar-refractivity contribution in [2.75, 3.05) is 23.9 Å². The molecule has 2 aliphatic heterocycles. The number of benzene rings is 3. The smallest absolute Gasteiger partial charge is 0.238 e. The molecular formula is C30H24N4O4. The molecule has 6 rings (SSSR count). The molecule has 3 heterocycles. The van der Waals surface area contributed by atoms with Crippen LogP contribution in [-0.2, 0) is 9.59 Å².